The Balaban J connectivity index is 2.88. The topological polar surface area (TPSA) is 101 Å². The lowest BCUT2D eigenvalue weighted by Crippen LogP contribution is -2.54. The fraction of sp³-hybridized carbons (Fsp3) is 0.800. The van der Waals surface area contributed by atoms with Gasteiger partial charge in [0.1, 0.15) is 6.10 Å². The van der Waals surface area contributed by atoms with E-state index in [4.69, 9.17) is 9.84 Å². The summed E-state index contributed by atoms with van der Waals surface area (Å²) in [4.78, 5) is 24.0. The number of ether oxygens (including phenoxy) is 1. The van der Waals surface area contributed by atoms with E-state index in [0.717, 1.165) is 0 Å². The predicted molar refractivity (Wildman–Crippen MR) is 62.9 cm³/mol. The number of carbonyl (C=O) groups excluding carboxylic acids is 1. The highest BCUT2D eigenvalue weighted by Crippen LogP contribution is 2.16. The first kappa shape index (κ1) is 14.9. The van der Waals surface area contributed by atoms with Crippen LogP contribution >= 0.6 is 0 Å². The van der Waals surface area contributed by atoms with Gasteiger partial charge in [0.15, 0.2) is 9.84 Å². The molecule has 0 aromatic rings. The van der Waals surface area contributed by atoms with E-state index in [1.54, 1.807) is 6.92 Å². The van der Waals surface area contributed by atoms with Gasteiger partial charge in [-0.05, 0) is 6.92 Å². The Kier molecular flexibility index (Phi) is 4.69. The molecule has 2 unspecified atom stereocenters. The fourth-order valence-corrected chi connectivity index (χ4v) is 3.41. The smallest absolute Gasteiger partial charge is 0.305 e. The van der Waals surface area contributed by atoms with Gasteiger partial charge in [-0.3, -0.25) is 9.59 Å². The normalized spacial score (nSPS) is 24.6. The van der Waals surface area contributed by atoms with E-state index < -0.39 is 28.0 Å². The Bertz CT molecular complexity index is 432. The van der Waals surface area contributed by atoms with Crippen LogP contribution in [0.5, 0.6) is 0 Å². The van der Waals surface area contributed by atoms with Crippen LogP contribution in [-0.4, -0.2) is 67.6 Å². The van der Waals surface area contributed by atoms with Gasteiger partial charge in [0.05, 0.1) is 24.0 Å². The van der Waals surface area contributed by atoms with E-state index in [-0.39, 0.29) is 30.4 Å². The molecule has 0 saturated carbocycles. The van der Waals surface area contributed by atoms with Crippen molar-refractivity contribution < 1.29 is 27.9 Å². The molecular formula is C10H17NO6S. The summed E-state index contributed by atoms with van der Waals surface area (Å²) in [5.41, 5.74) is 0. The average molecular weight is 279 g/mol. The standard InChI is InChI=1S/C10H17NO6S/c1-7(17-2)10(14)11-3-4-18(15,16)6-8(11)5-9(12)13/h7-8H,3-6H2,1-2H3,(H,12,13). The summed E-state index contributed by atoms with van der Waals surface area (Å²) in [7, 11) is -1.90. The highest BCUT2D eigenvalue weighted by molar-refractivity contribution is 7.91. The quantitative estimate of drug-likeness (QED) is 0.717. The number of aliphatic carboxylic acids is 1. The van der Waals surface area contributed by atoms with E-state index in [1.807, 2.05) is 0 Å². The number of rotatable bonds is 4. The summed E-state index contributed by atoms with van der Waals surface area (Å²) in [6.45, 7) is 1.57. The molecule has 1 aliphatic heterocycles. The third-order valence-corrected chi connectivity index (χ3v) is 4.62. The molecule has 7 nitrogen and oxygen atoms in total. The Hall–Kier alpha value is -1.15. The summed E-state index contributed by atoms with van der Waals surface area (Å²) in [6.07, 6.45) is -1.08. The lowest BCUT2D eigenvalue weighted by molar-refractivity contribution is -0.145. The van der Waals surface area contributed by atoms with Crippen LogP contribution in [-0.2, 0) is 24.2 Å². The predicted octanol–water partition coefficient (Wildman–Crippen LogP) is -0.878. The highest BCUT2D eigenvalue weighted by atomic mass is 32.2. The van der Waals surface area contributed by atoms with E-state index in [0.29, 0.717) is 0 Å². The third kappa shape index (κ3) is 3.67. The zero-order valence-electron chi connectivity index (χ0n) is 10.3. The molecule has 1 heterocycles. The molecule has 1 N–H and O–H groups in total. The summed E-state index contributed by atoms with van der Waals surface area (Å²) < 4.78 is 27.9. The van der Waals surface area contributed by atoms with Gasteiger partial charge >= 0.3 is 5.97 Å². The van der Waals surface area contributed by atoms with Gasteiger partial charge in [0.2, 0.25) is 0 Å². The number of nitrogens with zero attached hydrogens (tertiary/aromatic N) is 1. The van der Waals surface area contributed by atoms with Gasteiger partial charge < -0.3 is 14.7 Å². The maximum Gasteiger partial charge on any atom is 0.305 e. The van der Waals surface area contributed by atoms with Crippen LogP contribution < -0.4 is 0 Å². The third-order valence-electron chi connectivity index (χ3n) is 2.92. The van der Waals surface area contributed by atoms with Crippen molar-refractivity contribution in [1.82, 2.24) is 4.90 Å². The van der Waals surface area contributed by atoms with Crippen LogP contribution in [0, 0.1) is 0 Å². The molecular weight excluding hydrogens is 262 g/mol. The number of sulfone groups is 1. The first-order valence-electron chi connectivity index (χ1n) is 5.52. The summed E-state index contributed by atoms with van der Waals surface area (Å²) >= 11 is 0. The minimum absolute atomic E-state index is 0.0206. The van der Waals surface area contributed by atoms with Crippen molar-refractivity contribution in [3.63, 3.8) is 0 Å². The van der Waals surface area contributed by atoms with Gasteiger partial charge in [0.25, 0.3) is 5.91 Å². The molecule has 0 bridgehead atoms. The zero-order chi connectivity index (χ0) is 13.9. The number of carboxylic acids is 1. The minimum atomic E-state index is -3.27. The Morgan fingerprint density at radius 3 is 2.61 bits per heavy atom. The summed E-state index contributed by atoms with van der Waals surface area (Å²) in [5, 5.41) is 8.77. The second-order valence-electron chi connectivity index (χ2n) is 4.28. The van der Waals surface area contributed by atoms with Gasteiger partial charge in [-0.2, -0.15) is 0 Å². The number of amides is 1. The first-order chi connectivity index (χ1) is 8.26. The molecule has 0 radical (unpaired) electrons. The zero-order valence-corrected chi connectivity index (χ0v) is 11.1. The molecule has 0 spiro atoms. The highest BCUT2D eigenvalue weighted by Gasteiger charge is 2.36. The average Bonchev–Trinajstić information content (AvgIpc) is 2.25. The minimum Gasteiger partial charge on any atom is -0.481 e. The van der Waals surface area contributed by atoms with E-state index in [1.165, 1.54) is 12.0 Å². The number of carboxylic acid groups (broad SMARTS) is 1. The lowest BCUT2D eigenvalue weighted by Gasteiger charge is -2.35. The van der Waals surface area contributed by atoms with Crippen molar-refractivity contribution in [1.29, 1.82) is 0 Å². The second-order valence-corrected chi connectivity index (χ2v) is 6.50. The summed E-state index contributed by atoms with van der Waals surface area (Å²) in [6, 6.07) is -0.814. The van der Waals surface area contributed by atoms with Crippen LogP contribution in [0.3, 0.4) is 0 Å². The van der Waals surface area contributed by atoms with Crippen LogP contribution in [0.2, 0.25) is 0 Å². The largest absolute Gasteiger partial charge is 0.481 e. The molecule has 1 aliphatic rings. The molecule has 2 atom stereocenters. The van der Waals surface area contributed by atoms with Crippen molar-refractivity contribution in [2.75, 3.05) is 25.2 Å². The second kappa shape index (κ2) is 5.66. The molecule has 0 aromatic heterocycles. The Morgan fingerprint density at radius 1 is 1.50 bits per heavy atom. The molecule has 104 valence electrons. The van der Waals surface area contributed by atoms with Crippen molar-refractivity contribution in [2.45, 2.75) is 25.5 Å². The van der Waals surface area contributed by atoms with Crippen molar-refractivity contribution in [3.05, 3.63) is 0 Å². The molecule has 18 heavy (non-hydrogen) atoms. The molecule has 1 fully saturated rings. The molecule has 1 rings (SSSR count). The van der Waals surface area contributed by atoms with Gasteiger partial charge in [0, 0.05) is 13.7 Å². The van der Waals surface area contributed by atoms with Gasteiger partial charge in [-0.1, -0.05) is 0 Å². The van der Waals surface area contributed by atoms with Crippen LogP contribution in [0.4, 0.5) is 0 Å². The maximum atomic E-state index is 11.9. The van der Waals surface area contributed by atoms with Crippen LogP contribution in [0.25, 0.3) is 0 Å². The van der Waals surface area contributed by atoms with E-state index >= 15 is 0 Å². The summed E-state index contributed by atoms with van der Waals surface area (Å²) in [5.74, 6) is -1.94. The monoisotopic (exact) mass is 279 g/mol. The maximum absolute atomic E-state index is 11.9. The van der Waals surface area contributed by atoms with E-state index in [9.17, 15) is 18.0 Å². The fourth-order valence-electron chi connectivity index (χ4n) is 1.88. The van der Waals surface area contributed by atoms with Crippen molar-refractivity contribution in [3.8, 4) is 0 Å². The first-order valence-corrected chi connectivity index (χ1v) is 7.34. The molecule has 1 saturated heterocycles. The molecule has 1 amide bonds. The Morgan fingerprint density at radius 2 is 2.11 bits per heavy atom. The van der Waals surface area contributed by atoms with Crippen LogP contribution in [0.15, 0.2) is 0 Å². The van der Waals surface area contributed by atoms with E-state index in [2.05, 4.69) is 0 Å². The number of hydrogen-bond acceptors (Lipinski definition) is 5. The SMILES string of the molecule is COC(C)C(=O)N1CCS(=O)(=O)CC1CC(=O)O. The molecule has 0 aromatic carbocycles. The number of methoxy groups -OCH3 is 1. The molecule has 8 heteroatoms. The van der Waals surface area contributed by atoms with Gasteiger partial charge in [-0.15, -0.1) is 0 Å². The Labute approximate surface area is 106 Å². The number of hydrogen-bond donors (Lipinski definition) is 1. The van der Waals surface area contributed by atoms with Gasteiger partial charge in [-0.25, -0.2) is 8.42 Å². The van der Waals surface area contributed by atoms with Crippen molar-refractivity contribution in [2.24, 2.45) is 0 Å². The number of carbonyl (C=O) groups is 2. The molecule has 0 aliphatic carbocycles. The van der Waals surface area contributed by atoms with Crippen LogP contribution in [0.1, 0.15) is 13.3 Å². The lowest BCUT2D eigenvalue weighted by atomic mass is 10.1. The van der Waals surface area contributed by atoms with Crippen molar-refractivity contribution >= 4 is 21.7 Å².